The van der Waals surface area contributed by atoms with Crippen LogP contribution in [0.3, 0.4) is 0 Å². The van der Waals surface area contributed by atoms with Gasteiger partial charge in [0.25, 0.3) is 5.56 Å². The standard InChI is InChI=1S/C17H28N6O4Si/c1-17(2,3)28(5,6)25-8-11-10(27-19-4)7-12(26-11)23-9-20-13-14(23)21-16(18)22-15(13)24/h9-12H,4,7-8H2,1-3,5-6H3,(H3,18,21,22,24)/t10-,11+,12+/m0/s1. The Morgan fingerprint density at radius 3 is 2.86 bits per heavy atom. The predicted octanol–water partition coefficient (Wildman–Crippen LogP) is 2.01. The van der Waals surface area contributed by atoms with E-state index in [1.165, 1.54) is 6.33 Å². The summed E-state index contributed by atoms with van der Waals surface area (Å²) in [5.74, 6) is 0.0237. The fourth-order valence-corrected chi connectivity index (χ4v) is 3.90. The summed E-state index contributed by atoms with van der Waals surface area (Å²) in [6, 6.07) is 0. The van der Waals surface area contributed by atoms with Crippen LogP contribution in [0.5, 0.6) is 0 Å². The average Bonchev–Trinajstić information content (AvgIpc) is 3.16. The third-order valence-electron chi connectivity index (χ3n) is 5.57. The zero-order valence-corrected chi connectivity index (χ0v) is 17.9. The molecule has 3 rings (SSSR count). The zero-order chi connectivity index (χ0) is 20.7. The molecule has 0 bridgehead atoms. The van der Waals surface area contributed by atoms with Gasteiger partial charge in [-0.15, -0.1) is 5.16 Å². The van der Waals surface area contributed by atoms with Crippen LogP contribution in [0.25, 0.3) is 11.2 Å². The summed E-state index contributed by atoms with van der Waals surface area (Å²) in [5, 5.41) is 3.66. The van der Waals surface area contributed by atoms with Crippen molar-refractivity contribution in [1.29, 1.82) is 0 Å². The van der Waals surface area contributed by atoms with Gasteiger partial charge in [-0.3, -0.25) is 14.3 Å². The number of H-pyrrole nitrogens is 1. The number of fused-ring (bicyclic) bond motifs is 1. The van der Waals surface area contributed by atoms with Crippen molar-refractivity contribution in [3.8, 4) is 0 Å². The smallest absolute Gasteiger partial charge is 0.280 e. The third kappa shape index (κ3) is 3.82. The first kappa shape index (κ1) is 20.5. The van der Waals surface area contributed by atoms with Gasteiger partial charge in [-0.25, -0.2) is 4.98 Å². The number of nitrogens with zero attached hydrogens (tertiary/aromatic N) is 4. The number of aromatic nitrogens is 4. The highest BCUT2D eigenvalue weighted by Gasteiger charge is 2.43. The van der Waals surface area contributed by atoms with E-state index in [1.807, 2.05) is 0 Å². The van der Waals surface area contributed by atoms with Crippen molar-refractivity contribution in [3.63, 3.8) is 0 Å². The van der Waals surface area contributed by atoms with Crippen LogP contribution >= 0.6 is 0 Å². The summed E-state index contributed by atoms with van der Waals surface area (Å²) >= 11 is 0. The van der Waals surface area contributed by atoms with Gasteiger partial charge in [0.05, 0.1) is 12.9 Å². The molecule has 3 atom stereocenters. The molecule has 1 fully saturated rings. The number of nitrogens with one attached hydrogen (secondary N) is 1. The number of ether oxygens (including phenoxy) is 1. The van der Waals surface area contributed by atoms with E-state index in [2.05, 4.69) is 60.7 Å². The lowest BCUT2D eigenvalue weighted by Gasteiger charge is -2.37. The quantitative estimate of drug-likeness (QED) is 0.425. The molecule has 154 valence electrons. The maximum absolute atomic E-state index is 12.0. The molecule has 2 aromatic rings. The van der Waals surface area contributed by atoms with Gasteiger partial charge in [0.2, 0.25) is 5.95 Å². The lowest BCUT2D eigenvalue weighted by atomic mass is 10.2. The highest BCUT2D eigenvalue weighted by molar-refractivity contribution is 6.74. The Hall–Kier alpha value is -2.24. The molecule has 0 aromatic carbocycles. The lowest BCUT2D eigenvalue weighted by Crippen LogP contribution is -2.44. The van der Waals surface area contributed by atoms with Crippen LogP contribution in [-0.2, 0) is 14.0 Å². The summed E-state index contributed by atoms with van der Waals surface area (Å²) in [4.78, 5) is 28.2. The summed E-state index contributed by atoms with van der Waals surface area (Å²) in [6.45, 7) is 14.7. The van der Waals surface area contributed by atoms with E-state index in [1.54, 1.807) is 4.57 Å². The molecular weight excluding hydrogens is 380 g/mol. The second kappa shape index (κ2) is 7.30. The van der Waals surface area contributed by atoms with Crippen LogP contribution in [0, 0.1) is 0 Å². The summed E-state index contributed by atoms with van der Waals surface area (Å²) < 4.78 is 14.2. The Morgan fingerprint density at radius 1 is 1.50 bits per heavy atom. The minimum Gasteiger partial charge on any atom is -0.414 e. The largest absolute Gasteiger partial charge is 0.414 e. The molecular formula is C17H28N6O4Si. The molecule has 0 spiro atoms. The van der Waals surface area contributed by atoms with Crippen LogP contribution in [0.4, 0.5) is 5.95 Å². The van der Waals surface area contributed by atoms with Gasteiger partial charge in [0.1, 0.15) is 12.3 Å². The Labute approximate surface area is 164 Å². The first-order valence-corrected chi connectivity index (χ1v) is 12.1. The molecule has 1 aliphatic heterocycles. The molecule has 3 N–H and O–H groups in total. The Balaban J connectivity index is 1.82. The first-order valence-electron chi connectivity index (χ1n) is 9.17. The van der Waals surface area contributed by atoms with Gasteiger partial charge in [-0.1, -0.05) is 20.8 Å². The van der Waals surface area contributed by atoms with E-state index in [9.17, 15) is 4.79 Å². The molecule has 28 heavy (non-hydrogen) atoms. The molecule has 3 heterocycles. The second-order valence-corrected chi connectivity index (χ2v) is 13.3. The van der Waals surface area contributed by atoms with Crippen LogP contribution in [-0.4, -0.2) is 53.4 Å². The Bertz CT molecular complexity index is 918. The molecule has 1 aliphatic rings. The van der Waals surface area contributed by atoms with Crippen LogP contribution in [0.15, 0.2) is 16.3 Å². The molecule has 10 nitrogen and oxygen atoms in total. The molecule has 0 radical (unpaired) electrons. The molecule has 0 saturated carbocycles. The molecule has 0 amide bonds. The second-order valence-electron chi connectivity index (χ2n) is 8.48. The Morgan fingerprint density at radius 2 is 2.21 bits per heavy atom. The van der Waals surface area contributed by atoms with Crippen molar-refractivity contribution >= 4 is 32.1 Å². The van der Waals surface area contributed by atoms with E-state index in [0.29, 0.717) is 18.7 Å². The van der Waals surface area contributed by atoms with Crippen molar-refractivity contribution in [1.82, 2.24) is 19.5 Å². The van der Waals surface area contributed by atoms with E-state index < -0.39 is 20.1 Å². The first-order chi connectivity index (χ1) is 13.0. The number of imidazole rings is 1. The summed E-state index contributed by atoms with van der Waals surface area (Å²) in [5.41, 5.74) is 5.86. The fourth-order valence-electron chi connectivity index (χ4n) is 2.89. The molecule has 11 heteroatoms. The molecule has 0 unspecified atom stereocenters. The maximum Gasteiger partial charge on any atom is 0.280 e. The number of aromatic amines is 1. The van der Waals surface area contributed by atoms with Gasteiger partial charge in [0, 0.05) is 13.1 Å². The number of nitrogens with two attached hydrogens (primary N) is 1. The van der Waals surface area contributed by atoms with Gasteiger partial charge >= 0.3 is 0 Å². The maximum atomic E-state index is 12.0. The van der Waals surface area contributed by atoms with Crippen molar-refractivity contribution in [3.05, 3.63) is 16.7 Å². The number of hydrogen-bond donors (Lipinski definition) is 2. The van der Waals surface area contributed by atoms with Gasteiger partial charge in [0.15, 0.2) is 25.6 Å². The van der Waals surface area contributed by atoms with Gasteiger partial charge in [-0.05, 0) is 18.1 Å². The van der Waals surface area contributed by atoms with Gasteiger partial charge < -0.3 is 19.7 Å². The number of oxime groups is 1. The van der Waals surface area contributed by atoms with E-state index >= 15 is 0 Å². The normalized spacial score (nSPS) is 23.2. The van der Waals surface area contributed by atoms with Crippen molar-refractivity contribution < 1.29 is 14.0 Å². The minimum absolute atomic E-state index is 0.0237. The number of nitrogen functional groups attached to an aromatic ring is 1. The highest BCUT2D eigenvalue weighted by Crippen LogP contribution is 2.38. The molecule has 0 aliphatic carbocycles. The summed E-state index contributed by atoms with van der Waals surface area (Å²) in [6.07, 6.45) is 0.917. The van der Waals surface area contributed by atoms with Crippen LogP contribution in [0.2, 0.25) is 18.1 Å². The SMILES string of the molecule is C=NO[C@H]1C[C@H](n2cnc3c(=O)[nH]c(N)nc32)O[C@@H]1CO[Si](C)(C)C(C)(C)C. The van der Waals surface area contributed by atoms with Crippen molar-refractivity contribution in [2.75, 3.05) is 12.3 Å². The lowest BCUT2D eigenvalue weighted by molar-refractivity contribution is -0.0568. The third-order valence-corrected chi connectivity index (χ3v) is 10.1. The highest BCUT2D eigenvalue weighted by atomic mass is 28.4. The summed E-state index contributed by atoms with van der Waals surface area (Å²) in [7, 11) is -1.95. The predicted molar refractivity (Wildman–Crippen MR) is 109 cm³/mol. The van der Waals surface area contributed by atoms with E-state index in [-0.39, 0.29) is 28.7 Å². The van der Waals surface area contributed by atoms with Gasteiger partial charge in [-0.2, -0.15) is 4.98 Å². The fraction of sp³-hybridized carbons (Fsp3) is 0.647. The van der Waals surface area contributed by atoms with Crippen LogP contribution in [0.1, 0.15) is 33.4 Å². The van der Waals surface area contributed by atoms with E-state index in [0.717, 1.165) is 0 Å². The molecule has 1 saturated heterocycles. The number of rotatable bonds is 6. The van der Waals surface area contributed by atoms with Crippen molar-refractivity contribution in [2.24, 2.45) is 5.16 Å². The minimum atomic E-state index is -1.95. The average molecular weight is 409 g/mol. The number of anilines is 1. The van der Waals surface area contributed by atoms with Crippen molar-refractivity contribution in [2.45, 2.75) is 63.8 Å². The zero-order valence-electron chi connectivity index (χ0n) is 16.9. The molecule has 2 aromatic heterocycles. The number of hydrogen-bond acceptors (Lipinski definition) is 8. The van der Waals surface area contributed by atoms with E-state index in [4.69, 9.17) is 19.7 Å². The Kier molecular flexibility index (Phi) is 5.34. The van der Waals surface area contributed by atoms with Crippen LogP contribution < -0.4 is 11.3 Å². The topological polar surface area (TPSA) is 130 Å². The monoisotopic (exact) mass is 408 g/mol.